The van der Waals surface area contributed by atoms with Crippen molar-refractivity contribution in [1.29, 1.82) is 5.26 Å². The van der Waals surface area contributed by atoms with Crippen LogP contribution in [0.25, 0.3) is 16.9 Å². The first kappa shape index (κ1) is 19.1. The summed E-state index contributed by atoms with van der Waals surface area (Å²) in [5, 5.41) is 14.8. The first-order chi connectivity index (χ1) is 13.4. The Kier molecular flexibility index (Phi) is 5.41. The largest absolute Gasteiger partial charge is 0.350 e. The van der Waals surface area contributed by atoms with Gasteiger partial charge in [0.15, 0.2) is 5.82 Å². The van der Waals surface area contributed by atoms with Crippen molar-refractivity contribution in [2.24, 2.45) is 0 Å². The molecule has 3 rings (SSSR count). The number of carbonyl (C=O) groups is 1. The number of benzene rings is 1. The van der Waals surface area contributed by atoms with Crippen molar-refractivity contribution in [2.45, 2.75) is 33.2 Å². The molecule has 3 aromatic rings. The summed E-state index contributed by atoms with van der Waals surface area (Å²) in [4.78, 5) is 29.2. The quantitative estimate of drug-likeness (QED) is 0.715. The van der Waals surface area contributed by atoms with E-state index in [4.69, 9.17) is 5.26 Å². The van der Waals surface area contributed by atoms with Crippen molar-refractivity contribution < 1.29 is 4.79 Å². The molecule has 0 saturated heterocycles. The van der Waals surface area contributed by atoms with Crippen LogP contribution in [-0.4, -0.2) is 26.7 Å². The van der Waals surface area contributed by atoms with Gasteiger partial charge in [-0.05, 0) is 55.7 Å². The second-order valence-electron chi connectivity index (χ2n) is 6.66. The molecule has 1 atom stereocenters. The highest BCUT2D eigenvalue weighted by Crippen LogP contribution is 2.21. The minimum atomic E-state index is -0.253. The lowest BCUT2D eigenvalue weighted by Gasteiger charge is -2.11. The number of nitriles is 1. The van der Waals surface area contributed by atoms with Gasteiger partial charge in [-0.3, -0.25) is 14.7 Å². The fraction of sp³-hybridized carbons (Fsp3) is 0.238. The molecular weight excluding hydrogens is 354 g/mol. The first-order valence-electron chi connectivity index (χ1n) is 9.03. The van der Waals surface area contributed by atoms with Gasteiger partial charge in [0.25, 0.3) is 11.5 Å². The molecule has 2 heterocycles. The molecule has 142 valence electrons. The molecule has 0 radical (unpaired) electrons. The van der Waals surface area contributed by atoms with Gasteiger partial charge < -0.3 is 5.32 Å². The van der Waals surface area contributed by atoms with E-state index >= 15 is 0 Å². The lowest BCUT2D eigenvalue weighted by molar-refractivity contribution is 0.0939. The zero-order valence-corrected chi connectivity index (χ0v) is 16.0. The zero-order chi connectivity index (χ0) is 20.3. The number of hydrogen-bond donors (Lipinski definition) is 2. The molecule has 2 aromatic heterocycles. The number of nitrogens with one attached hydrogen (secondary N) is 2. The minimum absolute atomic E-state index is 0.0800. The summed E-state index contributed by atoms with van der Waals surface area (Å²) in [7, 11) is 0. The summed E-state index contributed by atoms with van der Waals surface area (Å²) >= 11 is 0. The average molecular weight is 375 g/mol. The summed E-state index contributed by atoms with van der Waals surface area (Å²) in [6, 6.07) is 10.6. The third kappa shape index (κ3) is 3.71. The molecule has 1 aromatic carbocycles. The summed E-state index contributed by atoms with van der Waals surface area (Å²) in [5.74, 6) is 0.198. The number of rotatable bonds is 5. The van der Waals surface area contributed by atoms with Crippen LogP contribution in [-0.2, 0) is 0 Å². The van der Waals surface area contributed by atoms with Crippen molar-refractivity contribution >= 4 is 5.91 Å². The van der Waals surface area contributed by atoms with Crippen LogP contribution in [0.3, 0.4) is 0 Å². The Hall–Kier alpha value is -3.66. The van der Waals surface area contributed by atoms with E-state index in [1.807, 2.05) is 20.8 Å². The highest BCUT2D eigenvalue weighted by atomic mass is 16.2. The van der Waals surface area contributed by atoms with E-state index in [1.54, 1.807) is 36.5 Å². The minimum Gasteiger partial charge on any atom is -0.350 e. The van der Waals surface area contributed by atoms with Crippen molar-refractivity contribution in [2.75, 3.05) is 0 Å². The van der Waals surface area contributed by atoms with Gasteiger partial charge in [-0.1, -0.05) is 13.0 Å². The molecule has 0 spiro atoms. The van der Waals surface area contributed by atoms with Gasteiger partial charge in [0, 0.05) is 18.4 Å². The maximum absolute atomic E-state index is 12.8. The Morgan fingerprint density at radius 2 is 2.11 bits per heavy atom. The molecular formula is C21H21N5O2. The van der Waals surface area contributed by atoms with E-state index in [0.29, 0.717) is 22.5 Å². The SMILES string of the molecule is CC[C@@H](C)NC(=O)c1ccc(-n2[nH]cc(-c3ccc(C#N)cc3C)c2=O)nc1. The van der Waals surface area contributed by atoms with Gasteiger partial charge in [-0.2, -0.15) is 5.26 Å². The summed E-state index contributed by atoms with van der Waals surface area (Å²) in [5.41, 5.74) is 2.81. The molecule has 0 bridgehead atoms. The van der Waals surface area contributed by atoms with Crippen LogP contribution in [0.2, 0.25) is 0 Å². The van der Waals surface area contributed by atoms with E-state index in [1.165, 1.54) is 10.9 Å². The molecule has 0 aliphatic rings. The standard InChI is InChI=1S/C21H21N5O2/c1-4-14(3)25-20(27)16-6-8-19(23-11-16)26-21(28)18(12-24-26)17-7-5-15(10-22)9-13(17)2/h5-9,11-12,14,24H,4H2,1-3H3,(H,25,27)/t14-/m1/s1. The summed E-state index contributed by atoms with van der Waals surface area (Å²) < 4.78 is 1.32. The van der Waals surface area contributed by atoms with Crippen LogP contribution in [0.1, 0.15) is 41.8 Å². The van der Waals surface area contributed by atoms with E-state index in [2.05, 4.69) is 21.5 Å². The van der Waals surface area contributed by atoms with Crippen LogP contribution in [0.15, 0.2) is 47.5 Å². The Morgan fingerprint density at radius 3 is 2.71 bits per heavy atom. The molecule has 0 aliphatic heterocycles. The molecule has 7 heteroatoms. The van der Waals surface area contributed by atoms with E-state index < -0.39 is 0 Å². The Bertz CT molecular complexity index is 1100. The molecule has 0 saturated carbocycles. The fourth-order valence-electron chi connectivity index (χ4n) is 2.83. The second-order valence-corrected chi connectivity index (χ2v) is 6.66. The topological polar surface area (TPSA) is 104 Å². The number of aromatic amines is 1. The number of pyridine rings is 1. The predicted molar refractivity (Wildman–Crippen MR) is 106 cm³/mol. The maximum atomic E-state index is 12.8. The number of hydrogen-bond acceptors (Lipinski definition) is 4. The molecule has 0 unspecified atom stereocenters. The normalized spacial score (nSPS) is 11.6. The number of nitrogens with zero attached hydrogens (tertiary/aromatic N) is 3. The number of aryl methyl sites for hydroxylation is 1. The van der Waals surface area contributed by atoms with Gasteiger partial charge in [0.1, 0.15) is 0 Å². The fourth-order valence-corrected chi connectivity index (χ4v) is 2.83. The number of carbonyl (C=O) groups excluding carboxylic acids is 1. The highest BCUT2D eigenvalue weighted by Gasteiger charge is 2.14. The van der Waals surface area contributed by atoms with Crippen molar-refractivity contribution in [3.8, 4) is 23.0 Å². The van der Waals surface area contributed by atoms with Crippen molar-refractivity contribution in [3.05, 3.63) is 69.8 Å². The first-order valence-corrected chi connectivity index (χ1v) is 9.03. The van der Waals surface area contributed by atoms with Crippen molar-refractivity contribution in [1.82, 2.24) is 20.1 Å². The molecule has 0 fully saturated rings. The third-order valence-electron chi connectivity index (χ3n) is 4.65. The number of H-pyrrole nitrogens is 1. The third-order valence-corrected chi connectivity index (χ3v) is 4.65. The van der Waals surface area contributed by atoms with Crippen LogP contribution in [0, 0.1) is 18.3 Å². The van der Waals surface area contributed by atoms with Gasteiger partial charge in [0.2, 0.25) is 0 Å². The predicted octanol–water partition coefficient (Wildman–Crippen LogP) is 2.94. The van der Waals surface area contributed by atoms with Gasteiger partial charge >= 0.3 is 0 Å². The van der Waals surface area contributed by atoms with E-state index in [0.717, 1.165) is 17.5 Å². The Balaban J connectivity index is 1.89. The van der Waals surface area contributed by atoms with Gasteiger partial charge in [-0.15, -0.1) is 0 Å². The number of aromatic nitrogens is 3. The highest BCUT2D eigenvalue weighted by molar-refractivity contribution is 5.94. The van der Waals surface area contributed by atoms with E-state index in [9.17, 15) is 9.59 Å². The van der Waals surface area contributed by atoms with Crippen molar-refractivity contribution in [3.63, 3.8) is 0 Å². The smallest absolute Gasteiger partial charge is 0.280 e. The van der Waals surface area contributed by atoms with Gasteiger partial charge in [0.05, 0.1) is 22.8 Å². The van der Waals surface area contributed by atoms with E-state index in [-0.39, 0.29) is 17.5 Å². The van der Waals surface area contributed by atoms with Crippen LogP contribution < -0.4 is 10.9 Å². The molecule has 7 nitrogen and oxygen atoms in total. The lowest BCUT2D eigenvalue weighted by atomic mass is 10.0. The molecule has 2 N–H and O–H groups in total. The molecule has 28 heavy (non-hydrogen) atoms. The molecule has 0 aliphatic carbocycles. The Morgan fingerprint density at radius 1 is 1.32 bits per heavy atom. The summed E-state index contributed by atoms with van der Waals surface area (Å²) in [6.07, 6.45) is 3.90. The van der Waals surface area contributed by atoms with Crippen LogP contribution in [0.4, 0.5) is 0 Å². The lowest BCUT2D eigenvalue weighted by Crippen LogP contribution is -2.32. The maximum Gasteiger partial charge on any atom is 0.280 e. The zero-order valence-electron chi connectivity index (χ0n) is 16.0. The average Bonchev–Trinajstić information content (AvgIpc) is 3.08. The van der Waals surface area contributed by atoms with Crippen LogP contribution >= 0.6 is 0 Å². The number of amides is 1. The summed E-state index contributed by atoms with van der Waals surface area (Å²) in [6.45, 7) is 5.79. The Labute approximate surface area is 162 Å². The molecule has 1 amide bonds. The van der Waals surface area contributed by atoms with Crippen LogP contribution in [0.5, 0.6) is 0 Å². The monoisotopic (exact) mass is 375 g/mol. The second kappa shape index (κ2) is 7.92. The van der Waals surface area contributed by atoms with Gasteiger partial charge in [-0.25, -0.2) is 9.67 Å².